The predicted octanol–water partition coefficient (Wildman–Crippen LogP) is 5.39. The van der Waals surface area contributed by atoms with E-state index < -0.39 is 10.0 Å². The second-order valence-corrected chi connectivity index (χ2v) is 11.8. The first kappa shape index (κ1) is 23.4. The minimum absolute atomic E-state index is 0.000452. The number of nitrogens with one attached hydrogen (secondary N) is 1. The zero-order valence-corrected chi connectivity index (χ0v) is 21.2. The zero-order valence-electron chi connectivity index (χ0n) is 18.0. The molecule has 8 nitrogen and oxygen atoms in total. The van der Waals surface area contributed by atoms with Crippen LogP contribution in [0, 0.1) is 6.92 Å². The van der Waals surface area contributed by atoms with E-state index in [0.717, 1.165) is 22.6 Å². The molecule has 0 bridgehead atoms. The number of rotatable bonds is 6. The summed E-state index contributed by atoms with van der Waals surface area (Å²) >= 11 is 8.29. The highest BCUT2D eigenvalue weighted by atomic mass is 35.5. The van der Waals surface area contributed by atoms with Gasteiger partial charge in [-0.2, -0.15) is 0 Å². The van der Waals surface area contributed by atoms with Crippen LogP contribution in [0.2, 0.25) is 5.02 Å². The number of thiophene rings is 1. The summed E-state index contributed by atoms with van der Waals surface area (Å²) in [5.41, 5.74) is 8.57. The fourth-order valence-corrected chi connectivity index (χ4v) is 6.38. The molecule has 0 aliphatic rings. The molecule has 3 N–H and O–H groups in total. The molecule has 5 rings (SSSR count). The summed E-state index contributed by atoms with van der Waals surface area (Å²) < 4.78 is 27.6. The summed E-state index contributed by atoms with van der Waals surface area (Å²) in [6, 6.07) is 16.6. The van der Waals surface area contributed by atoms with E-state index in [0.29, 0.717) is 36.4 Å². The van der Waals surface area contributed by atoms with Crippen molar-refractivity contribution in [3.63, 3.8) is 0 Å². The van der Waals surface area contributed by atoms with Gasteiger partial charge in [-0.25, -0.2) is 13.4 Å². The number of fused-ring (bicyclic) bond motifs is 1. The van der Waals surface area contributed by atoms with Gasteiger partial charge in [-0.3, -0.25) is 9.52 Å². The Kier molecular flexibility index (Phi) is 6.01. The molecule has 0 aliphatic heterocycles. The fraction of sp³-hybridized carbons (Fsp3) is 0.0435. The first-order valence-corrected chi connectivity index (χ1v) is 13.6. The number of aryl methyl sites for hydroxylation is 1. The summed E-state index contributed by atoms with van der Waals surface area (Å²) in [5, 5.41) is 9.69. The Morgan fingerprint density at radius 2 is 1.69 bits per heavy atom. The first-order valence-electron chi connectivity index (χ1n) is 10.1. The van der Waals surface area contributed by atoms with Crippen molar-refractivity contribution in [2.24, 2.45) is 0 Å². The Morgan fingerprint density at radius 3 is 2.34 bits per heavy atom. The van der Waals surface area contributed by atoms with Gasteiger partial charge in [0.2, 0.25) is 10.9 Å². The van der Waals surface area contributed by atoms with E-state index in [1.54, 1.807) is 19.1 Å². The Labute approximate surface area is 213 Å². The molecular weight excluding hydrogens is 526 g/mol. The Bertz CT molecular complexity index is 1680. The van der Waals surface area contributed by atoms with Crippen molar-refractivity contribution < 1.29 is 13.2 Å². The highest BCUT2D eigenvalue weighted by molar-refractivity contribution is 7.93. The molecule has 0 radical (unpaired) electrons. The van der Waals surface area contributed by atoms with E-state index in [1.807, 2.05) is 24.3 Å². The predicted molar refractivity (Wildman–Crippen MR) is 140 cm³/mol. The van der Waals surface area contributed by atoms with Gasteiger partial charge < -0.3 is 5.73 Å². The van der Waals surface area contributed by atoms with Crippen LogP contribution < -0.4 is 10.5 Å². The van der Waals surface area contributed by atoms with Crippen molar-refractivity contribution in [1.82, 2.24) is 15.2 Å². The van der Waals surface area contributed by atoms with E-state index in [9.17, 15) is 13.2 Å². The highest BCUT2D eigenvalue weighted by Crippen LogP contribution is 2.36. The van der Waals surface area contributed by atoms with Gasteiger partial charge in [-0.15, -0.1) is 21.5 Å². The molecule has 0 saturated heterocycles. The molecule has 0 saturated carbocycles. The van der Waals surface area contributed by atoms with E-state index in [4.69, 9.17) is 17.3 Å². The molecule has 0 amide bonds. The molecule has 2 aromatic carbocycles. The van der Waals surface area contributed by atoms with Crippen LogP contribution >= 0.6 is 34.3 Å². The molecule has 12 heteroatoms. The maximum Gasteiger partial charge on any atom is 0.263 e. The third-order valence-electron chi connectivity index (χ3n) is 5.11. The number of nitrogen functional groups attached to an aromatic ring is 1. The van der Waals surface area contributed by atoms with E-state index in [2.05, 4.69) is 19.9 Å². The van der Waals surface area contributed by atoms with E-state index in [-0.39, 0.29) is 15.8 Å². The molecule has 3 heterocycles. The van der Waals surface area contributed by atoms with Gasteiger partial charge in [-0.05, 0) is 55.5 Å². The van der Waals surface area contributed by atoms with Crippen molar-refractivity contribution in [2.45, 2.75) is 11.8 Å². The van der Waals surface area contributed by atoms with Crippen LogP contribution in [-0.4, -0.2) is 29.4 Å². The van der Waals surface area contributed by atoms with Gasteiger partial charge in [0.25, 0.3) is 10.0 Å². The van der Waals surface area contributed by atoms with Crippen LogP contribution in [0.4, 0.5) is 10.8 Å². The summed E-state index contributed by atoms with van der Waals surface area (Å²) in [5.74, 6) is -0.310. The average Bonchev–Trinajstić information content (AvgIpc) is 3.40. The fourth-order valence-electron chi connectivity index (χ4n) is 3.38. The second kappa shape index (κ2) is 9.00. The Balaban J connectivity index is 1.42. The minimum Gasteiger partial charge on any atom is -0.397 e. The number of carbonyl (C=O) groups excluding carboxylic acids is 1. The van der Waals surface area contributed by atoms with Crippen molar-refractivity contribution in [2.75, 3.05) is 10.5 Å². The monoisotopic (exact) mass is 541 g/mol. The molecule has 35 heavy (non-hydrogen) atoms. The van der Waals surface area contributed by atoms with Crippen LogP contribution in [-0.2, 0) is 10.0 Å². The largest absolute Gasteiger partial charge is 0.397 e. The second-order valence-electron chi connectivity index (χ2n) is 7.49. The lowest BCUT2D eigenvalue weighted by Gasteiger charge is -2.06. The third-order valence-corrected chi connectivity index (χ3v) is 8.72. The smallest absolute Gasteiger partial charge is 0.263 e. The number of pyridine rings is 1. The molecule has 176 valence electrons. The SMILES string of the molecule is Cc1nnc(NS(=O)(=O)c2ccc(C(=O)c3sc4nc(-c5ccc(Cl)cc5)ccc4c3N)cc2)s1. The molecule has 5 aromatic rings. The zero-order chi connectivity index (χ0) is 24.7. The molecule has 0 atom stereocenters. The lowest BCUT2D eigenvalue weighted by atomic mass is 10.1. The lowest BCUT2D eigenvalue weighted by molar-refractivity contribution is 0.104. The van der Waals surface area contributed by atoms with Gasteiger partial charge >= 0.3 is 0 Å². The Morgan fingerprint density at radius 1 is 0.971 bits per heavy atom. The number of benzene rings is 2. The van der Waals surface area contributed by atoms with Crippen LogP contribution in [0.5, 0.6) is 0 Å². The topological polar surface area (TPSA) is 128 Å². The van der Waals surface area contributed by atoms with E-state index in [1.165, 1.54) is 35.6 Å². The number of anilines is 2. The lowest BCUT2D eigenvalue weighted by Crippen LogP contribution is -2.13. The van der Waals surface area contributed by atoms with Crippen LogP contribution in [0.1, 0.15) is 20.2 Å². The summed E-state index contributed by atoms with van der Waals surface area (Å²) in [6.45, 7) is 1.73. The number of nitrogens with zero attached hydrogens (tertiary/aromatic N) is 3. The molecule has 0 spiro atoms. The highest BCUT2D eigenvalue weighted by Gasteiger charge is 2.21. The van der Waals surface area contributed by atoms with Crippen LogP contribution in [0.15, 0.2) is 65.6 Å². The summed E-state index contributed by atoms with van der Waals surface area (Å²) in [4.78, 5) is 18.8. The van der Waals surface area contributed by atoms with Crippen molar-refractivity contribution in [3.8, 4) is 11.3 Å². The number of hydrogen-bond acceptors (Lipinski definition) is 9. The minimum atomic E-state index is -3.86. The quantitative estimate of drug-likeness (QED) is 0.276. The van der Waals surface area contributed by atoms with Gasteiger partial charge in [0, 0.05) is 21.5 Å². The summed E-state index contributed by atoms with van der Waals surface area (Å²) in [7, 11) is -3.86. The van der Waals surface area contributed by atoms with Gasteiger partial charge in [0.1, 0.15) is 14.7 Å². The van der Waals surface area contributed by atoms with Crippen molar-refractivity contribution in [1.29, 1.82) is 0 Å². The van der Waals surface area contributed by atoms with Gasteiger partial charge in [-0.1, -0.05) is 35.1 Å². The molecular formula is C23H16ClN5O3S3. The van der Waals surface area contributed by atoms with E-state index >= 15 is 0 Å². The number of ketones is 1. The van der Waals surface area contributed by atoms with Crippen molar-refractivity contribution >= 4 is 71.1 Å². The summed E-state index contributed by atoms with van der Waals surface area (Å²) in [6.07, 6.45) is 0. The molecule has 0 fully saturated rings. The first-order chi connectivity index (χ1) is 16.7. The van der Waals surface area contributed by atoms with Crippen LogP contribution in [0.3, 0.4) is 0 Å². The normalized spacial score (nSPS) is 11.6. The van der Waals surface area contributed by atoms with Gasteiger partial charge in [0.15, 0.2) is 0 Å². The number of carbonyl (C=O) groups is 1. The van der Waals surface area contributed by atoms with Crippen LogP contribution in [0.25, 0.3) is 21.5 Å². The van der Waals surface area contributed by atoms with Crippen molar-refractivity contribution in [3.05, 3.63) is 81.1 Å². The average molecular weight is 542 g/mol. The molecule has 3 aromatic heterocycles. The third kappa shape index (κ3) is 4.63. The molecule has 0 unspecified atom stereocenters. The maximum absolute atomic E-state index is 13.2. The molecule has 0 aliphatic carbocycles. The number of halogens is 1. The number of aromatic nitrogens is 3. The number of nitrogens with two attached hydrogens (primary N) is 1. The Hall–Kier alpha value is -3.38. The standard InChI is InChI=1S/C23H16ClN5O3S3/c1-12-27-28-23(33-12)29-35(31,32)16-8-4-14(5-9-16)20(30)21-19(25)17-10-11-18(26-22(17)34-21)13-2-6-15(24)7-3-13/h2-11H,25H2,1H3,(H,28,29). The number of sulfonamides is 1. The van der Waals surface area contributed by atoms with Gasteiger partial charge in [0.05, 0.1) is 16.3 Å². The number of hydrogen-bond donors (Lipinski definition) is 2. The maximum atomic E-state index is 13.2.